The Labute approximate surface area is 68.6 Å². The van der Waals surface area contributed by atoms with Crippen LogP contribution in [-0.2, 0) is 19.1 Å². The first kappa shape index (κ1) is 8.58. The van der Waals surface area contributed by atoms with Gasteiger partial charge >= 0.3 is 11.9 Å². The van der Waals surface area contributed by atoms with Gasteiger partial charge < -0.3 is 14.6 Å². The Kier molecular flexibility index (Phi) is 1.79. The highest BCUT2D eigenvalue weighted by Gasteiger charge is 2.37. The summed E-state index contributed by atoms with van der Waals surface area (Å²) >= 11 is 0. The van der Waals surface area contributed by atoms with Crippen LogP contribution in [0.4, 0.5) is 0 Å². The van der Waals surface area contributed by atoms with Crippen molar-refractivity contribution in [3.05, 3.63) is 11.8 Å². The van der Waals surface area contributed by atoms with E-state index in [9.17, 15) is 9.59 Å². The van der Waals surface area contributed by atoms with Gasteiger partial charge in [-0.1, -0.05) is 0 Å². The number of esters is 1. The molecule has 5 heteroatoms. The summed E-state index contributed by atoms with van der Waals surface area (Å²) in [5, 5.41) is 8.30. The Balaban J connectivity index is 2.84. The van der Waals surface area contributed by atoms with Crippen LogP contribution < -0.4 is 0 Å². The Morgan fingerprint density at radius 1 is 1.50 bits per heavy atom. The van der Waals surface area contributed by atoms with Gasteiger partial charge in [-0.25, -0.2) is 9.59 Å². The van der Waals surface area contributed by atoms with Gasteiger partial charge in [-0.3, -0.25) is 0 Å². The third kappa shape index (κ3) is 1.75. The van der Waals surface area contributed by atoms with E-state index in [1.54, 1.807) is 0 Å². The first-order valence-corrected chi connectivity index (χ1v) is 3.28. The van der Waals surface area contributed by atoms with Crippen LogP contribution in [-0.4, -0.2) is 22.8 Å². The average molecular weight is 172 g/mol. The van der Waals surface area contributed by atoms with Gasteiger partial charge in [-0.15, -0.1) is 0 Å². The number of carbonyl (C=O) groups excluding carboxylic acids is 1. The van der Waals surface area contributed by atoms with Crippen LogP contribution in [0, 0.1) is 0 Å². The summed E-state index contributed by atoms with van der Waals surface area (Å²) in [6.07, 6.45) is 0.678. The molecular formula is C7H8O5. The number of carboxylic acid groups (broad SMARTS) is 1. The lowest BCUT2D eigenvalue weighted by Gasteiger charge is -2.13. The number of rotatable bonds is 1. The van der Waals surface area contributed by atoms with E-state index in [0.29, 0.717) is 6.08 Å². The minimum atomic E-state index is -1.24. The van der Waals surface area contributed by atoms with Gasteiger partial charge in [-0.05, 0) is 0 Å². The van der Waals surface area contributed by atoms with E-state index in [4.69, 9.17) is 9.84 Å². The monoisotopic (exact) mass is 172 g/mol. The summed E-state index contributed by atoms with van der Waals surface area (Å²) in [5.41, 5.74) is 0. The van der Waals surface area contributed by atoms with Gasteiger partial charge in [0.05, 0.1) is 6.08 Å². The van der Waals surface area contributed by atoms with Gasteiger partial charge in [0.15, 0.2) is 0 Å². The second-order valence-electron chi connectivity index (χ2n) is 2.74. The molecule has 0 aromatic carbocycles. The molecule has 0 radical (unpaired) electrons. The van der Waals surface area contributed by atoms with Gasteiger partial charge in [0.25, 0.3) is 0 Å². The van der Waals surface area contributed by atoms with Crippen LogP contribution >= 0.6 is 0 Å². The molecule has 1 aliphatic heterocycles. The summed E-state index contributed by atoms with van der Waals surface area (Å²) in [5.74, 6) is -3.31. The van der Waals surface area contributed by atoms with Crippen LogP contribution in [0.3, 0.4) is 0 Å². The molecule has 1 saturated heterocycles. The number of carboxylic acids is 1. The van der Waals surface area contributed by atoms with E-state index in [-0.39, 0.29) is 5.76 Å². The Morgan fingerprint density at radius 3 is 2.42 bits per heavy atom. The fourth-order valence-electron chi connectivity index (χ4n) is 0.801. The summed E-state index contributed by atoms with van der Waals surface area (Å²) < 4.78 is 9.55. The van der Waals surface area contributed by atoms with E-state index < -0.39 is 17.7 Å². The zero-order valence-corrected chi connectivity index (χ0v) is 6.66. The molecule has 0 aromatic rings. The smallest absolute Gasteiger partial charge is 0.377 e. The molecule has 0 spiro atoms. The summed E-state index contributed by atoms with van der Waals surface area (Å²) in [4.78, 5) is 21.0. The maximum absolute atomic E-state index is 10.8. The fraction of sp³-hybridized carbons (Fsp3) is 0.429. The number of ether oxygens (including phenoxy) is 2. The van der Waals surface area contributed by atoms with Crippen LogP contribution in [0.2, 0.25) is 0 Å². The topological polar surface area (TPSA) is 72.8 Å². The Bertz CT molecular complexity index is 263. The largest absolute Gasteiger partial charge is 0.478 e. The molecule has 1 fully saturated rings. The minimum absolute atomic E-state index is 0.271. The van der Waals surface area contributed by atoms with Crippen molar-refractivity contribution < 1.29 is 24.2 Å². The Hall–Kier alpha value is -1.52. The van der Waals surface area contributed by atoms with Crippen molar-refractivity contribution in [2.24, 2.45) is 0 Å². The lowest BCUT2D eigenvalue weighted by molar-refractivity contribution is -0.159. The van der Waals surface area contributed by atoms with E-state index in [2.05, 4.69) is 4.74 Å². The van der Waals surface area contributed by atoms with Crippen molar-refractivity contribution in [3.63, 3.8) is 0 Å². The molecule has 1 heterocycles. The van der Waals surface area contributed by atoms with E-state index in [1.807, 2.05) is 0 Å². The molecule has 1 rings (SSSR count). The molecule has 0 amide bonds. The van der Waals surface area contributed by atoms with E-state index >= 15 is 0 Å². The molecule has 12 heavy (non-hydrogen) atoms. The first-order chi connectivity index (χ1) is 5.41. The standard InChI is InChI=1S/C7H8O5/c1-7(2)11-4(3-5(8)9)6(10)12-7/h3H,1-2H3,(H,8,9). The minimum Gasteiger partial charge on any atom is -0.478 e. The SMILES string of the molecule is CC1(C)OC(=O)C(=CC(=O)O)O1. The van der Waals surface area contributed by atoms with Gasteiger partial charge in [0.1, 0.15) is 0 Å². The molecule has 1 aliphatic rings. The molecule has 66 valence electrons. The molecule has 5 nitrogen and oxygen atoms in total. The van der Waals surface area contributed by atoms with Crippen molar-refractivity contribution in [2.45, 2.75) is 19.6 Å². The maximum Gasteiger partial charge on any atom is 0.377 e. The van der Waals surface area contributed by atoms with Crippen molar-refractivity contribution in [3.8, 4) is 0 Å². The Morgan fingerprint density at radius 2 is 2.08 bits per heavy atom. The van der Waals surface area contributed by atoms with Gasteiger partial charge in [-0.2, -0.15) is 0 Å². The first-order valence-electron chi connectivity index (χ1n) is 3.28. The van der Waals surface area contributed by atoms with Crippen molar-refractivity contribution in [1.82, 2.24) is 0 Å². The highest BCUT2D eigenvalue weighted by atomic mass is 16.8. The highest BCUT2D eigenvalue weighted by molar-refractivity contribution is 5.95. The van der Waals surface area contributed by atoms with Crippen molar-refractivity contribution in [1.29, 1.82) is 0 Å². The fourth-order valence-corrected chi connectivity index (χ4v) is 0.801. The average Bonchev–Trinajstić information content (AvgIpc) is 2.03. The number of cyclic esters (lactones) is 1. The van der Waals surface area contributed by atoms with Crippen LogP contribution in [0.15, 0.2) is 11.8 Å². The van der Waals surface area contributed by atoms with Gasteiger partial charge in [0, 0.05) is 13.8 Å². The zero-order valence-electron chi connectivity index (χ0n) is 6.66. The highest BCUT2D eigenvalue weighted by Crippen LogP contribution is 2.25. The predicted molar refractivity (Wildman–Crippen MR) is 37.0 cm³/mol. The second-order valence-corrected chi connectivity index (χ2v) is 2.74. The number of hydrogen-bond acceptors (Lipinski definition) is 4. The van der Waals surface area contributed by atoms with Crippen LogP contribution in [0.1, 0.15) is 13.8 Å². The molecule has 0 atom stereocenters. The van der Waals surface area contributed by atoms with E-state index in [1.165, 1.54) is 13.8 Å². The molecule has 0 aromatic heterocycles. The predicted octanol–water partition coefficient (Wildman–Crippen LogP) is 0.264. The normalized spacial score (nSPS) is 23.5. The van der Waals surface area contributed by atoms with Crippen LogP contribution in [0.25, 0.3) is 0 Å². The number of hydrogen-bond donors (Lipinski definition) is 1. The maximum atomic E-state index is 10.8. The molecular weight excluding hydrogens is 164 g/mol. The molecule has 1 N–H and O–H groups in total. The second kappa shape index (κ2) is 2.51. The molecule has 0 unspecified atom stereocenters. The molecule has 0 aliphatic carbocycles. The van der Waals surface area contributed by atoms with Crippen molar-refractivity contribution >= 4 is 11.9 Å². The molecule has 0 saturated carbocycles. The third-order valence-electron chi connectivity index (χ3n) is 1.15. The third-order valence-corrected chi connectivity index (χ3v) is 1.15. The number of aliphatic carboxylic acids is 1. The number of carbonyl (C=O) groups is 2. The van der Waals surface area contributed by atoms with Crippen LogP contribution in [0.5, 0.6) is 0 Å². The lowest BCUT2D eigenvalue weighted by Crippen LogP contribution is -2.19. The zero-order chi connectivity index (χ0) is 9.35. The summed E-state index contributed by atoms with van der Waals surface area (Å²) in [6, 6.07) is 0. The summed E-state index contributed by atoms with van der Waals surface area (Å²) in [7, 11) is 0. The lowest BCUT2D eigenvalue weighted by atomic mass is 10.4. The quantitative estimate of drug-likeness (QED) is 0.453. The van der Waals surface area contributed by atoms with Gasteiger partial charge in [0.2, 0.25) is 11.5 Å². The molecule has 0 bridgehead atoms. The van der Waals surface area contributed by atoms with Crippen molar-refractivity contribution in [2.75, 3.05) is 0 Å². The summed E-state index contributed by atoms with van der Waals surface area (Å²) in [6.45, 7) is 3.04. The van der Waals surface area contributed by atoms with E-state index in [0.717, 1.165) is 0 Å².